The minimum atomic E-state index is -4.40. The van der Waals surface area contributed by atoms with Crippen LogP contribution in [0.5, 0.6) is 5.75 Å². The SMILES string of the molecule is COc1ccc(CN(CP(=O)(O)O)CP(=O)(O)O)cc1. The van der Waals surface area contributed by atoms with Crippen molar-refractivity contribution in [3.63, 3.8) is 0 Å². The maximum atomic E-state index is 11.0. The van der Waals surface area contributed by atoms with E-state index in [-0.39, 0.29) is 6.54 Å². The first-order valence-electron chi connectivity index (χ1n) is 5.53. The van der Waals surface area contributed by atoms with Gasteiger partial charge in [-0.05, 0) is 17.7 Å². The van der Waals surface area contributed by atoms with Gasteiger partial charge < -0.3 is 24.3 Å². The van der Waals surface area contributed by atoms with E-state index in [9.17, 15) is 9.13 Å². The first kappa shape index (κ1) is 17.3. The van der Waals surface area contributed by atoms with Crippen molar-refractivity contribution in [2.24, 2.45) is 0 Å². The van der Waals surface area contributed by atoms with E-state index in [1.165, 1.54) is 7.11 Å². The highest BCUT2D eigenvalue weighted by Crippen LogP contribution is 2.41. The molecule has 0 amide bonds. The fraction of sp³-hybridized carbons (Fsp3) is 0.400. The lowest BCUT2D eigenvalue weighted by molar-refractivity contribution is 0.273. The van der Waals surface area contributed by atoms with Gasteiger partial charge in [0.1, 0.15) is 18.3 Å². The molecule has 0 unspecified atom stereocenters. The second-order valence-electron chi connectivity index (χ2n) is 4.29. The molecule has 0 radical (unpaired) electrons. The molecule has 0 aliphatic carbocycles. The molecule has 0 aliphatic rings. The van der Waals surface area contributed by atoms with Crippen LogP contribution in [0.25, 0.3) is 0 Å². The molecule has 0 saturated heterocycles. The summed E-state index contributed by atoms with van der Waals surface area (Å²) in [6.45, 7) is 0.0141. The summed E-state index contributed by atoms with van der Waals surface area (Å²) in [7, 11) is -7.30. The Balaban J connectivity index is 2.82. The highest BCUT2D eigenvalue weighted by Gasteiger charge is 2.25. The lowest BCUT2D eigenvalue weighted by Crippen LogP contribution is -2.25. The third-order valence-electron chi connectivity index (χ3n) is 2.33. The molecule has 10 heteroatoms. The molecule has 1 aromatic rings. The number of benzene rings is 1. The summed E-state index contributed by atoms with van der Waals surface area (Å²) in [4.78, 5) is 36.8. The first-order valence-corrected chi connectivity index (χ1v) is 9.13. The second-order valence-corrected chi connectivity index (χ2v) is 7.51. The Morgan fingerprint density at radius 1 is 1.00 bits per heavy atom. The topological polar surface area (TPSA) is 128 Å². The predicted octanol–water partition coefficient (Wildman–Crippen LogP) is 0.768. The van der Waals surface area contributed by atoms with E-state index in [0.29, 0.717) is 11.3 Å². The summed E-state index contributed by atoms with van der Waals surface area (Å²) in [6, 6.07) is 6.63. The molecular weight excluding hydrogens is 308 g/mol. The normalized spacial score (nSPS) is 12.7. The smallest absolute Gasteiger partial charge is 0.339 e. The van der Waals surface area contributed by atoms with Crippen molar-refractivity contribution in [2.45, 2.75) is 6.54 Å². The lowest BCUT2D eigenvalue weighted by atomic mass is 10.2. The van der Waals surface area contributed by atoms with Crippen LogP contribution in [0.1, 0.15) is 5.56 Å². The quantitative estimate of drug-likeness (QED) is 0.541. The van der Waals surface area contributed by atoms with E-state index < -0.39 is 27.8 Å². The van der Waals surface area contributed by atoms with Gasteiger partial charge in [-0.15, -0.1) is 0 Å². The van der Waals surface area contributed by atoms with Crippen molar-refractivity contribution in [3.8, 4) is 5.75 Å². The summed E-state index contributed by atoms with van der Waals surface area (Å²) in [5.74, 6) is 0.616. The van der Waals surface area contributed by atoms with Crippen molar-refractivity contribution < 1.29 is 33.4 Å². The van der Waals surface area contributed by atoms with Gasteiger partial charge in [-0.2, -0.15) is 0 Å². The second kappa shape index (κ2) is 6.83. The van der Waals surface area contributed by atoms with E-state index in [2.05, 4.69) is 0 Å². The Morgan fingerprint density at radius 2 is 1.45 bits per heavy atom. The molecular formula is C10H17NO7P2. The molecule has 0 fully saturated rings. The largest absolute Gasteiger partial charge is 0.497 e. The minimum absolute atomic E-state index is 0.0141. The molecule has 1 rings (SSSR count). The average molecular weight is 325 g/mol. The zero-order valence-electron chi connectivity index (χ0n) is 10.8. The van der Waals surface area contributed by atoms with Crippen molar-refractivity contribution in [1.29, 1.82) is 0 Å². The Morgan fingerprint density at radius 3 is 1.80 bits per heavy atom. The van der Waals surface area contributed by atoms with Crippen LogP contribution in [0.15, 0.2) is 24.3 Å². The number of hydrogen-bond donors (Lipinski definition) is 4. The standard InChI is InChI=1S/C10H17NO7P2/c1-18-10-4-2-9(3-5-10)6-11(7-19(12,13)14)8-20(15,16)17/h2-5H,6-8H2,1H3,(H2,12,13,14)(H2,15,16,17). The highest BCUT2D eigenvalue weighted by molar-refractivity contribution is 7.52. The Labute approximate surface area is 116 Å². The fourth-order valence-corrected chi connectivity index (χ4v) is 3.25. The van der Waals surface area contributed by atoms with Crippen molar-refractivity contribution in [2.75, 3.05) is 19.7 Å². The van der Waals surface area contributed by atoms with Gasteiger partial charge in [0, 0.05) is 6.54 Å². The van der Waals surface area contributed by atoms with Gasteiger partial charge in [-0.1, -0.05) is 12.1 Å². The summed E-state index contributed by atoms with van der Waals surface area (Å²) in [6.07, 6.45) is -1.44. The molecule has 1 aromatic carbocycles. The molecule has 4 N–H and O–H groups in total. The lowest BCUT2D eigenvalue weighted by Gasteiger charge is -2.23. The van der Waals surface area contributed by atoms with Crippen LogP contribution in [0.3, 0.4) is 0 Å². The molecule has 0 saturated carbocycles. The van der Waals surface area contributed by atoms with Crippen molar-refractivity contribution >= 4 is 15.2 Å². The van der Waals surface area contributed by atoms with Gasteiger partial charge >= 0.3 is 15.2 Å². The molecule has 0 heterocycles. The number of methoxy groups -OCH3 is 1. The highest BCUT2D eigenvalue weighted by atomic mass is 31.2. The average Bonchev–Trinajstić information content (AvgIpc) is 2.25. The van der Waals surface area contributed by atoms with Gasteiger partial charge in [0.2, 0.25) is 0 Å². The van der Waals surface area contributed by atoms with Crippen LogP contribution in [0.4, 0.5) is 0 Å². The molecule has 114 valence electrons. The minimum Gasteiger partial charge on any atom is -0.497 e. The van der Waals surface area contributed by atoms with Crippen LogP contribution < -0.4 is 4.74 Å². The van der Waals surface area contributed by atoms with E-state index in [4.69, 9.17) is 24.3 Å². The molecule has 0 spiro atoms. The van der Waals surface area contributed by atoms with Crippen LogP contribution in [0, 0.1) is 0 Å². The maximum Gasteiger partial charge on any atom is 0.339 e. The fourth-order valence-electron chi connectivity index (χ4n) is 1.65. The van der Waals surface area contributed by atoms with Gasteiger partial charge in [-0.25, -0.2) is 0 Å². The third-order valence-corrected chi connectivity index (χ3v) is 3.87. The summed E-state index contributed by atoms with van der Waals surface area (Å²) in [5.41, 5.74) is 0.660. The van der Waals surface area contributed by atoms with Crippen molar-refractivity contribution in [1.82, 2.24) is 4.90 Å². The zero-order valence-corrected chi connectivity index (χ0v) is 12.6. The summed E-state index contributed by atoms with van der Waals surface area (Å²) < 4.78 is 27.0. The number of nitrogens with zero attached hydrogens (tertiary/aromatic N) is 1. The van der Waals surface area contributed by atoms with Crippen LogP contribution >= 0.6 is 15.2 Å². The van der Waals surface area contributed by atoms with Gasteiger partial charge in [0.15, 0.2) is 0 Å². The van der Waals surface area contributed by atoms with Gasteiger partial charge in [0.25, 0.3) is 0 Å². The van der Waals surface area contributed by atoms with Crippen LogP contribution in [-0.2, 0) is 15.7 Å². The zero-order chi connectivity index (χ0) is 15.4. The van der Waals surface area contributed by atoms with Crippen molar-refractivity contribution in [3.05, 3.63) is 29.8 Å². The summed E-state index contributed by atoms with van der Waals surface area (Å²) >= 11 is 0. The molecule has 0 aliphatic heterocycles. The predicted molar refractivity (Wildman–Crippen MR) is 72.4 cm³/mol. The van der Waals surface area contributed by atoms with Gasteiger partial charge in [-0.3, -0.25) is 14.0 Å². The number of hydrogen-bond acceptors (Lipinski definition) is 4. The molecule has 20 heavy (non-hydrogen) atoms. The third kappa shape index (κ3) is 7.17. The number of ether oxygens (including phenoxy) is 1. The monoisotopic (exact) mass is 325 g/mol. The first-order chi connectivity index (χ1) is 9.09. The Kier molecular flexibility index (Phi) is 5.91. The van der Waals surface area contributed by atoms with Crippen LogP contribution in [0.2, 0.25) is 0 Å². The Bertz CT molecular complexity index is 497. The van der Waals surface area contributed by atoms with Gasteiger partial charge in [0.05, 0.1) is 7.11 Å². The molecule has 0 atom stereocenters. The molecule has 0 bridgehead atoms. The van der Waals surface area contributed by atoms with E-state index in [1.54, 1.807) is 24.3 Å². The van der Waals surface area contributed by atoms with Crippen LogP contribution in [-0.4, -0.2) is 44.2 Å². The molecule has 0 aromatic heterocycles. The van der Waals surface area contributed by atoms with E-state index >= 15 is 0 Å². The van der Waals surface area contributed by atoms with E-state index in [1.807, 2.05) is 0 Å². The van der Waals surface area contributed by atoms with E-state index in [0.717, 1.165) is 4.90 Å². The molecule has 8 nitrogen and oxygen atoms in total. The Hall–Kier alpha value is -0.720. The maximum absolute atomic E-state index is 11.0. The summed E-state index contributed by atoms with van der Waals surface area (Å²) in [5, 5.41) is 0. The number of rotatable bonds is 7.